The lowest BCUT2D eigenvalue weighted by atomic mass is 10.0. The Kier molecular flexibility index (Phi) is 5.32. The van der Waals surface area contributed by atoms with Crippen molar-refractivity contribution in [2.75, 3.05) is 12.3 Å². The molecule has 0 atom stereocenters. The summed E-state index contributed by atoms with van der Waals surface area (Å²) in [5, 5.41) is 0. The average molecular weight is 483 g/mol. The highest BCUT2D eigenvalue weighted by molar-refractivity contribution is 7.91. The van der Waals surface area contributed by atoms with Crippen LogP contribution in [-0.2, 0) is 28.7 Å². The first-order chi connectivity index (χ1) is 16.0. The van der Waals surface area contributed by atoms with E-state index in [1.807, 2.05) is 0 Å². The molecule has 0 unspecified atom stereocenters. The number of anilines is 1. The number of fused-ring (bicyclic) bond motifs is 2. The Morgan fingerprint density at radius 1 is 0.941 bits per heavy atom. The van der Waals surface area contributed by atoms with Crippen molar-refractivity contribution in [2.45, 2.75) is 9.79 Å². The zero-order chi connectivity index (χ0) is 24.9. The molecule has 3 aromatic rings. The maximum Gasteiger partial charge on any atom is 0.338 e. The number of sulfone groups is 1. The summed E-state index contributed by atoms with van der Waals surface area (Å²) in [4.78, 5) is 61.4. The first kappa shape index (κ1) is 22.9. The van der Waals surface area contributed by atoms with Crippen LogP contribution in [0.25, 0.3) is 0 Å². The van der Waals surface area contributed by atoms with E-state index in [4.69, 9.17) is 10.5 Å². The summed E-state index contributed by atoms with van der Waals surface area (Å²) in [6, 6.07) is 9.13. The van der Waals surface area contributed by atoms with E-state index >= 15 is 0 Å². The number of Topliss-reactive ketones (excluding diaryl/α,β-unsaturated/α-hetero) is 1. The van der Waals surface area contributed by atoms with Crippen LogP contribution >= 0.6 is 0 Å². The van der Waals surface area contributed by atoms with Gasteiger partial charge in [-0.3, -0.25) is 23.5 Å². The van der Waals surface area contributed by atoms with Crippen LogP contribution in [0.15, 0.2) is 61.8 Å². The molecule has 174 valence electrons. The molecule has 2 heterocycles. The normalized spacial score (nSPS) is 13.6. The van der Waals surface area contributed by atoms with Crippen molar-refractivity contribution >= 4 is 33.2 Å². The van der Waals surface area contributed by atoms with E-state index in [0.717, 1.165) is 10.6 Å². The summed E-state index contributed by atoms with van der Waals surface area (Å²) < 4.78 is 32.5. The van der Waals surface area contributed by atoms with Crippen molar-refractivity contribution in [3.05, 3.63) is 85.6 Å². The summed E-state index contributed by atoms with van der Waals surface area (Å²) in [7, 11) is -1.64. The number of aromatic nitrogens is 2. The zero-order valence-corrected chi connectivity index (χ0v) is 18.7. The predicted octanol–water partition coefficient (Wildman–Crippen LogP) is 0.0831. The van der Waals surface area contributed by atoms with Crippen LogP contribution < -0.4 is 17.0 Å². The van der Waals surface area contributed by atoms with Crippen molar-refractivity contribution in [2.24, 2.45) is 14.1 Å². The number of rotatable bonds is 4. The second kappa shape index (κ2) is 7.92. The maximum absolute atomic E-state index is 13.0. The van der Waals surface area contributed by atoms with Crippen LogP contribution in [0.3, 0.4) is 0 Å². The van der Waals surface area contributed by atoms with Gasteiger partial charge in [0.2, 0.25) is 15.6 Å². The van der Waals surface area contributed by atoms with Gasteiger partial charge in [0.1, 0.15) is 11.4 Å². The largest absolute Gasteiger partial charge is 0.454 e. The number of carbonyl (C=O) groups excluding carboxylic acids is 3. The van der Waals surface area contributed by atoms with E-state index in [2.05, 4.69) is 0 Å². The molecule has 34 heavy (non-hydrogen) atoms. The van der Waals surface area contributed by atoms with Crippen molar-refractivity contribution in [3.8, 4) is 0 Å². The molecule has 2 aromatic carbocycles. The highest BCUT2D eigenvalue weighted by Gasteiger charge is 2.35. The molecule has 0 spiro atoms. The quantitative estimate of drug-likeness (QED) is 0.313. The number of hydrogen-bond donors (Lipinski definition) is 1. The fourth-order valence-electron chi connectivity index (χ4n) is 3.62. The average Bonchev–Trinajstić information content (AvgIpc) is 2.83. The fourth-order valence-corrected chi connectivity index (χ4v) is 5.30. The molecule has 2 N–H and O–H groups in total. The molecule has 1 aromatic heterocycles. The Labute approximate surface area is 191 Å². The van der Waals surface area contributed by atoms with Crippen molar-refractivity contribution in [1.82, 2.24) is 9.13 Å². The van der Waals surface area contributed by atoms with Crippen LogP contribution in [0.5, 0.6) is 0 Å². The molecule has 0 saturated carbocycles. The number of esters is 1. The van der Waals surface area contributed by atoms with E-state index in [1.54, 1.807) is 6.07 Å². The lowest BCUT2D eigenvalue weighted by Crippen LogP contribution is -2.42. The Morgan fingerprint density at radius 2 is 1.59 bits per heavy atom. The molecular weight excluding hydrogens is 466 g/mol. The van der Waals surface area contributed by atoms with Crippen LogP contribution in [0.1, 0.15) is 36.6 Å². The van der Waals surface area contributed by atoms with Crippen LogP contribution in [0.4, 0.5) is 5.82 Å². The Balaban J connectivity index is 1.63. The topological polar surface area (TPSA) is 165 Å². The Bertz CT molecular complexity index is 1650. The number of nitrogens with two attached hydrogens (primary N) is 1. The summed E-state index contributed by atoms with van der Waals surface area (Å²) in [5.41, 5.74) is 3.24. The third-order valence-electron chi connectivity index (χ3n) is 5.50. The lowest BCUT2D eigenvalue weighted by molar-refractivity contribution is 0.0473. The number of nitrogen functional groups attached to an aromatic ring is 1. The number of benzene rings is 2. The minimum atomic E-state index is -4.08. The van der Waals surface area contributed by atoms with E-state index in [-0.39, 0.29) is 32.3 Å². The molecular formula is C22H17N3O8S. The molecule has 0 aliphatic carbocycles. The number of nitrogens with zero attached hydrogens (tertiary/aromatic N) is 2. The molecule has 0 amide bonds. The SMILES string of the molecule is Cn1c(N)c(C(=O)COC(=O)c2ccc3c(c2)S(=O)(=O)c2ccccc2C3=O)c(=O)n(C)c1=O. The van der Waals surface area contributed by atoms with E-state index in [9.17, 15) is 32.4 Å². The van der Waals surface area contributed by atoms with Crippen molar-refractivity contribution in [1.29, 1.82) is 0 Å². The third kappa shape index (κ3) is 3.35. The molecule has 12 heteroatoms. The van der Waals surface area contributed by atoms with Gasteiger partial charge in [0.25, 0.3) is 5.56 Å². The van der Waals surface area contributed by atoms with E-state index in [0.29, 0.717) is 4.57 Å². The first-order valence-electron chi connectivity index (χ1n) is 9.75. The number of carbonyl (C=O) groups is 3. The number of ketones is 2. The first-order valence-corrected chi connectivity index (χ1v) is 11.2. The van der Waals surface area contributed by atoms with Gasteiger partial charge in [-0.15, -0.1) is 0 Å². The number of ether oxygens (including phenoxy) is 1. The molecule has 1 aliphatic rings. The monoisotopic (exact) mass is 483 g/mol. The van der Waals surface area contributed by atoms with Crippen molar-refractivity contribution in [3.63, 3.8) is 0 Å². The second-order valence-electron chi connectivity index (χ2n) is 7.50. The van der Waals surface area contributed by atoms with Crippen LogP contribution in [0.2, 0.25) is 0 Å². The highest BCUT2D eigenvalue weighted by Crippen LogP contribution is 2.34. The van der Waals surface area contributed by atoms with E-state index in [1.165, 1.54) is 44.4 Å². The molecule has 0 radical (unpaired) electrons. The smallest absolute Gasteiger partial charge is 0.338 e. The predicted molar refractivity (Wildman–Crippen MR) is 118 cm³/mol. The van der Waals surface area contributed by atoms with Gasteiger partial charge in [0.05, 0.1) is 15.4 Å². The molecule has 4 rings (SSSR count). The lowest BCUT2D eigenvalue weighted by Gasteiger charge is -2.19. The minimum Gasteiger partial charge on any atom is -0.454 e. The molecule has 0 bridgehead atoms. The molecule has 1 aliphatic heterocycles. The van der Waals surface area contributed by atoms with Gasteiger partial charge >= 0.3 is 11.7 Å². The standard InChI is InChI=1S/C22H17N3O8S/c1-24-19(23)17(20(28)25(2)22(24)30)14(26)10-33-21(29)11-7-8-13-16(9-11)34(31,32)15-6-4-3-5-12(15)18(13)27/h3-9H,10,23H2,1-2H3. The maximum atomic E-state index is 13.0. The van der Waals surface area contributed by atoms with Gasteiger partial charge in [-0.25, -0.2) is 18.0 Å². The Morgan fingerprint density at radius 3 is 2.29 bits per heavy atom. The second-order valence-corrected chi connectivity index (χ2v) is 9.39. The summed E-state index contributed by atoms with van der Waals surface area (Å²) >= 11 is 0. The highest BCUT2D eigenvalue weighted by atomic mass is 32.2. The molecule has 11 nitrogen and oxygen atoms in total. The van der Waals surface area contributed by atoms with Crippen molar-refractivity contribution < 1.29 is 27.5 Å². The fraction of sp³-hybridized carbons (Fsp3) is 0.136. The van der Waals surface area contributed by atoms with Gasteiger partial charge in [-0.05, 0) is 30.3 Å². The third-order valence-corrected chi connectivity index (χ3v) is 7.35. The summed E-state index contributed by atoms with van der Waals surface area (Å²) in [5.74, 6) is -2.89. The van der Waals surface area contributed by atoms with Gasteiger partial charge in [-0.2, -0.15) is 0 Å². The summed E-state index contributed by atoms with van der Waals surface area (Å²) in [6.07, 6.45) is 0. The van der Waals surface area contributed by atoms with Gasteiger partial charge in [0.15, 0.2) is 12.4 Å². The number of hydrogen-bond acceptors (Lipinski definition) is 9. The molecule has 0 fully saturated rings. The molecule has 0 saturated heterocycles. The summed E-state index contributed by atoms with van der Waals surface area (Å²) in [6.45, 7) is -0.887. The van der Waals surface area contributed by atoms with Gasteiger partial charge in [-0.1, -0.05) is 12.1 Å². The van der Waals surface area contributed by atoms with Gasteiger partial charge in [0, 0.05) is 25.2 Å². The zero-order valence-electron chi connectivity index (χ0n) is 17.9. The minimum absolute atomic E-state index is 0.0346. The van der Waals surface area contributed by atoms with E-state index < -0.39 is 50.8 Å². The van der Waals surface area contributed by atoms with Gasteiger partial charge < -0.3 is 10.5 Å². The Hall–Kier alpha value is -4.32. The van der Waals surface area contributed by atoms with Crippen LogP contribution in [0, 0.1) is 0 Å². The van der Waals surface area contributed by atoms with Crippen LogP contribution in [-0.4, -0.2) is 41.7 Å².